The number of carboxylic acid groups (broad SMARTS) is 1. The second-order valence-electron chi connectivity index (χ2n) is 4.20. The van der Waals surface area contributed by atoms with Gasteiger partial charge in [-0.15, -0.1) is 0 Å². The fraction of sp³-hybridized carbons (Fsp3) is 0.182. The Hall–Kier alpha value is -2.97. The molecule has 3 amide bonds. The molecule has 1 aliphatic heterocycles. The molecule has 0 saturated carbocycles. The molecule has 3 rings (SSSR count). The smallest absolute Gasteiger partial charge is 0.339 e. The van der Waals surface area contributed by atoms with Gasteiger partial charge in [0.2, 0.25) is 5.91 Å². The van der Waals surface area contributed by atoms with E-state index in [1.165, 1.54) is 28.0 Å². The molecular weight excluding hydrogens is 266 g/mol. The molecule has 2 aromatic rings. The Morgan fingerprint density at radius 2 is 2.20 bits per heavy atom. The third-order valence-electron chi connectivity index (χ3n) is 2.96. The molecule has 20 heavy (non-hydrogen) atoms. The predicted molar refractivity (Wildman–Crippen MR) is 65.4 cm³/mol. The quantitative estimate of drug-likeness (QED) is 0.788. The molecule has 1 fully saturated rings. The Labute approximate surface area is 111 Å². The first-order valence-corrected chi connectivity index (χ1v) is 5.74. The van der Waals surface area contributed by atoms with Crippen molar-refractivity contribution in [3.05, 3.63) is 24.2 Å². The van der Waals surface area contributed by atoms with E-state index in [2.05, 4.69) is 15.4 Å². The van der Waals surface area contributed by atoms with Gasteiger partial charge in [-0.25, -0.2) is 19.1 Å². The Balaban J connectivity index is 2.10. The molecule has 102 valence electrons. The minimum Gasteiger partial charge on any atom is -0.478 e. The van der Waals surface area contributed by atoms with Crippen LogP contribution in [0.4, 0.5) is 10.5 Å². The van der Waals surface area contributed by atoms with Crippen molar-refractivity contribution in [1.82, 2.24) is 19.9 Å². The first-order chi connectivity index (χ1) is 9.56. The molecule has 0 atom stereocenters. The summed E-state index contributed by atoms with van der Waals surface area (Å²) in [5, 5.41) is 15.2. The van der Waals surface area contributed by atoms with E-state index < -0.39 is 12.0 Å². The second-order valence-corrected chi connectivity index (χ2v) is 4.20. The summed E-state index contributed by atoms with van der Waals surface area (Å²) in [5.41, 5.74) is 0.463. The normalized spacial score (nSPS) is 15.5. The highest BCUT2D eigenvalue weighted by Gasteiger charge is 2.26. The van der Waals surface area contributed by atoms with Gasteiger partial charge in [0.25, 0.3) is 0 Å². The fourth-order valence-electron chi connectivity index (χ4n) is 2.03. The van der Waals surface area contributed by atoms with Gasteiger partial charge in [0.1, 0.15) is 11.9 Å². The van der Waals surface area contributed by atoms with E-state index in [0.29, 0.717) is 5.69 Å². The molecule has 2 aromatic heterocycles. The lowest BCUT2D eigenvalue weighted by Crippen LogP contribution is -2.49. The molecular formula is C11H9N5O4. The van der Waals surface area contributed by atoms with Crippen LogP contribution in [0.2, 0.25) is 0 Å². The van der Waals surface area contributed by atoms with Crippen LogP contribution in [-0.4, -0.2) is 44.2 Å². The summed E-state index contributed by atoms with van der Waals surface area (Å²) < 4.78 is 1.28. The summed E-state index contributed by atoms with van der Waals surface area (Å²) in [6, 6.07) is 0.749. The lowest BCUT2D eigenvalue weighted by Gasteiger charge is -2.26. The van der Waals surface area contributed by atoms with Crippen molar-refractivity contribution in [1.29, 1.82) is 0 Å². The Morgan fingerprint density at radius 3 is 2.90 bits per heavy atom. The van der Waals surface area contributed by atoms with Crippen molar-refractivity contribution >= 4 is 29.2 Å². The monoisotopic (exact) mass is 275 g/mol. The summed E-state index contributed by atoms with van der Waals surface area (Å²) >= 11 is 0. The number of nitrogens with zero attached hydrogens (tertiary/aromatic N) is 4. The topological polar surface area (TPSA) is 117 Å². The van der Waals surface area contributed by atoms with Crippen molar-refractivity contribution < 1.29 is 19.5 Å². The molecule has 0 aromatic carbocycles. The Kier molecular flexibility index (Phi) is 2.60. The number of fused-ring (bicyclic) bond motifs is 1. The van der Waals surface area contributed by atoms with Crippen LogP contribution < -0.4 is 10.2 Å². The highest BCUT2D eigenvalue weighted by molar-refractivity contribution is 6.06. The minimum atomic E-state index is -1.17. The number of amides is 3. The third-order valence-corrected chi connectivity index (χ3v) is 2.96. The second kappa shape index (κ2) is 4.30. The van der Waals surface area contributed by atoms with E-state index in [4.69, 9.17) is 0 Å². The van der Waals surface area contributed by atoms with E-state index >= 15 is 0 Å². The minimum absolute atomic E-state index is 0.0651. The molecule has 1 aliphatic rings. The highest BCUT2D eigenvalue weighted by Crippen LogP contribution is 2.21. The molecule has 9 heteroatoms. The van der Waals surface area contributed by atoms with E-state index in [1.807, 2.05) is 0 Å². The number of rotatable bonds is 2. The van der Waals surface area contributed by atoms with Crippen molar-refractivity contribution in [3.63, 3.8) is 0 Å². The number of imide groups is 1. The summed E-state index contributed by atoms with van der Waals surface area (Å²) in [6.45, 7) is 0.184. The maximum absolute atomic E-state index is 11.8. The number of aromatic carboxylic acids is 1. The average molecular weight is 275 g/mol. The number of nitrogens with one attached hydrogen (secondary N) is 1. The number of anilines is 1. The number of carboxylic acids is 1. The molecule has 0 radical (unpaired) electrons. The van der Waals surface area contributed by atoms with Crippen LogP contribution in [0.3, 0.4) is 0 Å². The van der Waals surface area contributed by atoms with Crippen molar-refractivity contribution in [2.24, 2.45) is 0 Å². The van der Waals surface area contributed by atoms with Gasteiger partial charge in [-0.1, -0.05) is 0 Å². The van der Waals surface area contributed by atoms with Crippen LogP contribution in [0.15, 0.2) is 18.6 Å². The van der Waals surface area contributed by atoms with E-state index in [9.17, 15) is 19.5 Å². The molecule has 2 N–H and O–H groups in total. The van der Waals surface area contributed by atoms with Crippen LogP contribution in [-0.2, 0) is 4.79 Å². The summed E-state index contributed by atoms with van der Waals surface area (Å²) in [4.78, 5) is 39.2. The molecule has 9 nitrogen and oxygen atoms in total. The summed E-state index contributed by atoms with van der Waals surface area (Å²) in [5.74, 6) is -1.52. The van der Waals surface area contributed by atoms with E-state index in [-0.39, 0.29) is 30.1 Å². The number of carbonyl (C=O) groups excluding carboxylic acids is 2. The van der Waals surface area contributed by atoms with Gasteiger partial charge in [0.15, 0.2) is 5.65 Å². The standard InChI is InChI=1S/C11H9N5O4/c17-8-1-2-15(11(20)14-8)6-3-7(10(18)19)9-12-5-13-16(9)4-6/h3-5H,1-2H2,(H,18,19)(H,14,17,20). The Bertz CT molecular complexity index is 737. The number of carbonyl (C=O) groups is 3. The van der Waals surface area contributed by atoms with Gasteiger partial charge in [-0.3, -0.25) is 15.0 Å². The molecule has 3 heterocycles. The van der Waals surface area contributed by atoms with E-state index in [0.717, 1.165) is 0 Å². The average Bonchev–Trinajstić information content (AvgIpc) is 2.85. The van der Waals surface area contributed by atoms with Crippen LogP contribution in [0.5, 0.6) is 0 Å². The number of hydrogen-bond acceptors (Lipinski definition) is 5. The zero-order valence-electron chi connectivity index (χ0n) is 10.1. The van der Waals surface area contributed by atoms with Gasteiger partial charge >= 0.3 is 12.0 Å². The zero-order valence-corrected chi connectivity index (χ0v) is 10.1. The molecule has 0 bridgehead atoms. The number of aromatic nitrogens is 3. The SMILES string of the molecule is O=C1CCN(c2cc(C(=O)O)c3ncnn3c2)C(=O)N1. The lowest BCUT2D eigenvalue weighted by atomic mass is 10.2. The first kappa shape index (κ1) is 12.1. The molecule has 0 spiro atoms. The van der Waals surface area contributed by atoms with Crippen LogP contribution in [0.1, 0.15) is 16.8 Å². The maximum Gasteiger partial charge on any atom is 0.339 e. The highest BCUT2D eigenvalue weighted by atomic mass is 16.4. The largest absolute Gasteiger partial charge is 0.478 e. The van der Waals surface area contributed by atoms with Crippen LogP contribution >= 0.6 is 0 Å². The van der Waals surface area contributed by atoms with Gasteiger partial charge in [-0.2, -0.15) is 5.10 Å². The van der Waals surface area contributed by atoms with Crippen molar-refractivity contribution in [2.75, 3.05) is 11.4 Å². The van der Waals surface area contributed by atoms with Gasteiger partial charge in [0, 0.05) is 13.0 Å². The molecule has 0 aliphatic carbocycles. The number of hydrogen-bond donors (Lipinski definition) is 2. The van der Waals surface area contributed by atoms with Gasteiger partial charge in [-0.05, 0) is 6.07 Å². The maximum atomic E-state index is 11.8. The molecule has 0 unspecified atom stereocenters. The number of urea groups is 1. The third kappa shape index (κ3) is 1.85. The predicted octanol–water partition coefficient (Wildman–Crippen LogP) is -0.126. The van der Waals surface area contributed by atoms with Gasteiger partial charge < -0.3 is 5.11 Å². The lowest BCUT2D eigenvalue weighted by molar-refractivity contribution is -0.120. The number of pyridine rings is 1. The summed E-state index contributed by atoms with van der Waals surface area (Å²) in [7, 11) is 0. The molecule has 1 saturated heterocycles. The van der Waals surface area contributed by atoms with Crippen molar-refractivity contribution in [2.45, 2.75) is 6.42 Å². The fourth-order valence-corrected chi connectivity index (χ4v) is 2.03. The first-order valence-electron chi connectivity index (χ1n) is 5.74. The van der Waals surface area contributed by atoms with Crippen LogP contribution in [0.25, 0.3) is 5.65 Å². The van der Waals surface area contributed by atoms with Gasteiger partial charge in [0.05, 0.1) is 11.9 Å². The Morgan fingerprint density at radius 1 is 1.40 bits per heavy atom. The van der Waals surface area contributed by atoms with Crippen molar-refractivity contribution in [3.8, 4) is 0 Å². The van der Waals surface area contributed by atoms with E-state index in [1.54, 1.807) is 0 Å². The van der Waals surface area contributed by atoms with Crippen LogP contribution in [0, 0.1) is 0 Å². The summed E-state index contributed by atoms with van der Waals surface area (Å²) in [6.07, 6.45) is 2.87. The zero-order chi connectivity index (χ0) is 14.3.